The molecule has 0 aromatic rings. The van der Waals surface area contributed by atoms with Gasteiger partial charge in [0.15, 0.2) is 0 Å². The largest absolute Gasteiger partial charge is 0.311 e. The molecule has 0 amide bonds. The Bertz CT molecular complexity index is 229. The highest BCUT2D eigenvalue weighted by atomic mass is 15.2. The van der Waals surface area contributed by atoms with E-state index in [0.29, 0.717) is 12.1 Å². The van der Waals surface area contributed by atoms with E-state index in [4.69, 9.17) is 0 Å². The molecule has 1 N–H and O–H groups in total. The van der Waals surface area contributed by atoms with E-state index in [1.807, 2.05) is 0 Å². The normalized spacial score (nSPS) is 27.1. The number of hydrogen-bond donors (Lipinski definition) is 1. The summed E-state index contributed by atoms with van der Waals surface area (Å²) in [6.45, 7) is 14.7. The predicted octanol–water partition coefficient (Wildman–Crippen LogP) is 2.66. The van der Waals surface area contributed by atoms with Gasteiger partial charge in [0.05, 0.1) is 0 Å². The minimum atomic E-state index is 0.633. The van der Waals surface area contributed by atoms with Gasteiger partial charge < -0.3 is 5.32 Å². The number of rotatable bonds is 4. The molecule has 2 atom stereocenters. The lowest BCUT2D eigenvalue weighted by Gasteiger charge is -2.39. The Hall–Kier alpha value is -0.340. The topological polar surface area (TPSA) is 15.3 Å². The van der Waals surface area contributed by atoms with Crippen molar-refractivity contribution in [1.82, 2.24) is 10.2 Å². The smallest absolute Gasteiger partial charge is 0.0227 e. The van der Waals surface area contributed by atoms with E-state index in [-0.39, 0.29) is 0 Å². The minimum Gasteiger partial charge on any atom is -0.311 e. The van der Waals surface area contributed by atoms with Gasteiger partial charge in [-0.3, -0.25) is 4.90 Å². The highest BCUT2D eigenvalue weighted by Crippen LogP contribution is 2.15. The van der Waals surface area contributed by atoms with Crippen molar-refractivity contribution in [2.45, 2.75) is 53.1 Å². The summed E-state index contributed by atoms with van der Waals surface area (Å²) in [4.78, 5) is 2.63. The second-order valence-electron chi connectivity index (χ2n) is 5.83. The highest BCUT2D eigenvalue weighted by Gasteiger charge is 2.25. The molecule has 94 valence electrons. The van der Waals surface area contributed by atoms with Crippen LogP contribution in [-0.2, 0) is 0 Å². The van der Waals surface area contributed by atoms with Crippen molar-refractivity contribution < 1.29 is 0 Å². The molecule has 0 saturated carbocycles. The molecule has 2 heteroatoms. The monoisotopic (exact) mass is 224 g/mol. The van der Waals surface area contributed by atoms with Crippen LogP contribution in [0.3, 0.4) is 0 Å². The van der Waals surface area contributed by atoms with Crippen molar-refractivity contribution in [3.05, 3.63) is 11.6 Å². The van der Waals surface area contributed by atoms with Crippen LogP contribution in [0.25, 0.3) is 0 Å². The fraction of sp³-hybridized carbons (Fsp3) is 0.857. The molecule has 0 aromatic carbocycles. The molecule has 0 radical (unpaired) electrons. The van der Waals surface area contributed by atoms with Crippen LogP contribution in [0.1, 0.15) is 41.0 Å². The number of allylic oxidation sites excluding steroid dienone is 1. The van der Waals surface area contributed by atoms with Gasteiger partial charge >= 0.3 is 0 Å². The van der Waals surface area contributed by atoms with Crippen molar-refractivity contribution in [2.75, 3.05) is 19.6 Å². The van der Waals surface area contributed by atoms with Crippen LogP contribution in [0, 0.1) is 5.92 Å². The fourth-order valence-electron chi connectivity index (χ4n) is 2.33. The molecule has 2 unspecified atom stereocenters. The van der Waals surface area contributed by atoms with E-state index >= 15 is 0 Å². The Kier molecular flexibility index (Phi) is 5.50. The Labute approximate surface area is 101 Å². The quantitative estimate of drug-likeness (QED) is 0.739. The third kappa shape index (κ3) is 4.67. The van der Waals surface area contributed by atoms with Crippen LogP contribution in [-0.4, -0.2) is 36.6 Å². The highest BCUT2D eigenvalue weighted by molar-refractivity contribution is 4.97. The molecule has 1 heterocycles. The maximum Gasteiger partial charge on any atom is 0.0227 e. The molecule has 1 aliphatic rings. The second-order valence-corrected chi connectivity index (χ2v) is 5.83. The lowest BCUT2D eigenvalue weighted by Crippen LogP contribution is -2.55. The zero-order valence-corrected chi connectivity index (χ0v) is 11.6. The first kappa shape index (κ1) is 13.7. The Morgan fingerprint density at radius 1 is 1.44 bits per heavy atom. The Morgan fingerprint density at radius 3 is 2.69 bits per heavy atom. The molecular formula is C14H28N2. The molecule has 2 nitrogen and oxygen atoms in total. The van der Waals surface area contributed by atoms with E-state index < -0.39 is 0 Å². The van der Waals surface area contributed by atoms with Crippen molar-refractivity contribution in [3.8, 4) is 0 Å². The van der Waals surface area contributed by atoms with Gasteiger partial charge in [0.1, 0.15) is 0 Å². The molecule has 1 fully saturated rings. The molecule has 0 bridgehead atoms. The maximum absolute atomic E-state index is 3.59. The van der Waals surface area contributed by atoms with Gasteiger partial charge in [-0.05, 0) is 33.1 Å². The van der Waals surface area contributed by atoms with Crippen LogP contribution in [0.2, 0.25) is 0 Å². The maximum atomic E-state index is 3.59. The molecule has 0 spiro atoms. The van der Waals surface area contributed by atoms with Gasteiger partial charge in [0.2, 0.25) is 0 Å². The van der Waals surface area contributed by atoms with E-state index in [2.05, 4.69) is 50.9 Å². The zero-order chi connectivity index (χ0) is 12.1. The molecule has 1 rings (SSSR count). The van der Waals surface area contributed by atoms with E-state index in [1.54, 1.807) is 0 Å². The first-order valence-electron chi connectivity index (χ1n) is 6.59. The molecule has 1 saturated heterocycles. The first-order valence-corrected chi connectivity index (χ1v) is 6.59. The molecular weight excluding hydrogens is 196 g/mol. The summed E-state index contributed by atoms with van der Waals surface area (Å²) in [5, 5.41) is 3.59. The second kappa shape index (κ2) is 6.41. The first-order chi connectivity index (χ1) is 7.49. The lowest BCUT2D eigenvalue weighted by molar-refractivity contribution is 0.132. The summed E-state index contributed by atoms with van der Waals surface area (Å²) in [6, 6.07) is 1.35. The van der Waals surface area contributed by atoms with Crippen LogP contribution in [0.15, 0.2) is 11.6 Å². The van der Waals surface area contributed by atoms with E-state index in [0.717, 1.165) is 19.0 Å². The van der Waals surface area contributed by atoms with Gasteiger partial charge in [-0.15, -0.1) is 0 Å². The number of nitrogens with zero attached hydrogens (tertiary/aromatic N) is 1. The van der Waals surface area contributed by atoms with Crippen molar-refractivity contribution >= 4 is 0 Å². The minimum absolute atomic E-state index is 0.633. The van der Waals surface area contributed by atoms with Crippen LogP contribution >= 0.6 is 0 Å². The van der Waals surface area contributed by atoms with Crippen LogP contribution < -0.4 is 5.32 Å². The SMILES string of the molecule is CC(C)=CCN1CC(C)NCC1CC(C)C. The summed E-state index contributed by atoms with van der Waals surface area (Å²) in [7, 11) is 0. The Morgan fingerprint density at radius 2 is 2.12 bits per heavy atom. The summed E-state index contributed by atoms with van der Waals surface area (Å²) in [5.74, 6) is 0.786. The lowest BCUT2D eigenvalue weighted by atomic mass is 9.99. The zero-order valence-electron chi connectivity index (χ0n) is 11.6. The molecule has 0 aromatic heterocycles. The van der Waals surface area contributed by atoms with Crippen LogP contribution in [0.5, 0.6) is 0 Å². The summed E-state index contributed by atoms with van der Waals surface area (Å²) in [5.41, 5.74) is 1.43. The summed E-state index contributed by atoms with van der Waals surface area (Å²) < 4.78 is 0. The fourth-order valence-corrected chi connectivity index (χ4v) is 2.33. The number of nitrogens with one attached hydrogen (secondary N) is 1. The molecule has 0 aliphatic carbocycles. The average molecular weight is 224 g/mol. The molecule has 1 aliphatic heterocycles. The van der Waals surface area contributed by atoms with Crippen molar-refractivity contribution in [1.29, 1.82) is 0 Å². The van der Waals surface area contributed by atoms with Gasteiger partial charge in [-0.2, -0.15) is 0 Å². The standard InChI is InChI=1S/C14H28N2/c1-11(2)6-7-16-10-13(5)15-9-14(16)8-12(3)4/h6,12-15H,7-10H2,1-5H3. The third-order valence-corrected chi connectivity index (χ3v) is 3.20. The third-order valence-electron chi connectivity index (χ3n) is 3.20. The van der Waals surface area contributed by atoms with Crippen molar-refractivity contribution in [2.24, 2.45) is 5.92 Å². The Balaban J connectivity index is 2.54. The summed E-state index contributed by atoms with van der Waals surface area (Å²) in [6.07, 6.45) is 3.65. The van der Waals surface area contributed by atoms with E-state index in [1.165, 1.54) is 18.5 Å². The number of piperazine rings is 1. The van der Waals surface area contributed by atoms with Gasteiger partial charge in [0.25, 0.3) is 0 Å². The van der Waals surface area contributed by atoms with Gasteiger partial charge in [-0.1, -0.05) is 25.5 Å². The predicted molar refractivity (Wildman–Crippen MR) is 71.7 cm³/mol. The van der Waals surface area contributed by atoms with E-state index in [9.17, 15) is 0 Å². The molecule has 16 heavy (non-hydrogen) atoms. The summed E-state index contributed by atoms with van der Waals surface area (Å²) >= 11 is 0. The average Bonchev–Trinajstić information content (AvgIpc) is 2.17. The van der Waals surface area contributed by atoms with Crippen LogP contribution in [0.4, 0.5) is 0 Å². The van der Waals surface area contributed by atoms with Gasteiger partial charge in [0, 0.05) is 31.7 Å². The number of hydrogen-bond acceptors (Lipinski definition) is 2. The van der Waals surface area contributed by atoms with Crippen molar-refractivity contribution in [3.63, 3.8) is 0 Å². The van der Waals surface area contributed by atoms with Gasteiger partial charge in [-0.25, -0.2) is 0 Å².